The van der Waals surface area contributed by atoms with E-state index >= 15 is 0 Å². The van der Waals surface area contributed by atoms with Crippen molar-refractivity contribution in [3.05, 3.63) is 57.3 Å². The highest BCUT2D eigenvalue weighted by molar-refractivity contribution is 7.20. The SMILES string of the molecule is O=C(COc1ccc(Cl)c(F)c1)CC1CCC(NC(=O)c2nc3cc(Cl)ccc3s2)CC1. The van der Waals surface area contributed by atoms with Gasteiger partial charge in [0.15, 0.2) is 10.8 Å². The van der Waals surface area contributed by atoms with Crippen molar-refractivity contribution >= 4 is 56.4 Å². The summed E-state index contributed by atoms with van der Waals surface area (Å²) in [4.78, 5) is 29.2. The Labute approximate surface area is 198 Å². The number of aromatic nitrogens is 1. The van der Waals surface area contributed by atoms with Crippen LogP contribution >= 0.6 is 34.5 Å². The number of carbonyl (C=O) groups is 2. The van der Waals surface area contributed by atoms with E-state index in [4.69, 9.17) is 27.9 Å². The summed E-state index contributed by atoms with van der Waals surface area (Å²) in [6.07, 6.45) is 3.73. The molecule has 1 aromatic heterocycles. The molecule has 9 heteroatoms. The Morgan fingerprint density at radius 1 is 1.12 bits per heavy atom. The van der Waals surface area contributed by atoms with E-state index in [9.17, 15) is 14.0 Å². The number of carbonyl (C=O) groups excluding carboxylic acids is 2. The maximum Gasteiger partial charge on any atom is 0.280 e. The van der Waals surface area contributed by atoms with E-state index in [1.54, 1.807) is 12.1 Å². The number of amides is 1. The van der Waals surface area contributed by atoms with Gasteiger partial charge < -0.3 is 10.1 Å². The third kappa shape index (κ3) is 5.77. The Morgan fingerprint density at radius 3 is 2.66 bits per heavy atom. The molecule has 1 saturated carbocycles. The molecule has 0 radical (unpaired) electrons. The Kier molecular flexibility index (Phi) is 7.28. The van der Waals surface area contributed by atoms with Crippen LogP contribution < -0.4 is 10.1 Å². The lowest BCUT2D eigenvalue weighted by Gasteiger charge is -2.28. The molecule has 1 fully saturated rings. The molecule has 0 bridgehead atoms. The first-order valence-electron chi connectivity index (χ1n) is 10.3. The number of ether oxygens (including phenoxy) is 1. The Morgan fingerprint density at radius 2 is 1.91 bits per heavy atom. The minimum Gasteiger partial charge on any atom is -0.486 e. The van der Waals surface area contributed by atoms with Crippen LogP contribution in [0.4, 0.5) is 4.39 Å². The maximum absolute atomic E-state index is 13.4. The molecule has 0 aliphatic heterocycles. The predicted molar refractivity (Wildman–Crippen MR) is 124 cm³/mol. The van der Waals surface area contributed by atoms with Gasteiger partial charge in [0.05, 0.1) is 15.2 Å². The fourth-order valence-corrected chi connectivity index (χ4v) is 5.00. The molecule has 0 unspecified atom stereocenters. The quantitative estimate of drug-likeness (QED) is 0.432. The molecule has 2 aromatic carbocycles. The molecule has 3 aromatic rings. The molecule has 1 amide bonds. The van der Waals surface area contributed by atoms with Gasteiger partial charge in [0.2, 0.25) is 0 Å². The highest BCUT2D eigenvalue weighted by Crippen LogP contribution is 2.29. The van der Waals surface area contributed by atoms with Gasteiger partial charge in [-0.15, -0.1) is 11.3 Å². The average Bonchev–Trinajstić information content (AvgIpc) is 3.19. The number of ketones is 1. The zero-order chi connectivity index (χ0) is 22.7. The van der Waals surface area contributed by atoms with Gasteiger partial charge in [0.1, 0.15) is 18.2 Å². The van der Waals surface area contributed by atoms with Crippen molar-refractivity contribution in [1.82, 2.24) is 10.3 Å². The van der Waals surface area contributed by atoms with Crippen LogP contribution in [0.5, 0.6) is 5.75 Å². The lowest BCUT2D eigenvalue weighted by atomic mass is 9.83. The van der Waals surface area contributed by atoms with E-state index in [1.165, 1.54) is 29.5 Å². The van der Waals surface area contributed by atoms with Crippen molar-refractivity contribution in [3.8, 4) is 5.75 Å². The first-order valence-corrected chi connectivity index (χ1v) is 11.9. The summed E-state index contributed by atoms with van der Waals surface area (Å²) >= 11 is 13.0. The molecule has 1 aliphatic carbocycles. The molecule has 4 rings (SSSR count). The largest absolute Gasteiger partial charge is 0.486 e. The molecule has 168 valence electrons. The van der Waals surface area contributed by atoms with Gasteiger partial charge >= 0.3 is 0 Å². The molecule has 1 heterocycles. The molecular formula is C23H21Cl2FN2O3S. The van der Waals surface area contributed by atoms with Crippen molar-refractivity contribution in [2.75, 3.05) is 6.61 Å². The molecule has 1 N–H and O–H groups in total. The molecule has 0 spiro atoms. The van der Waals surface area contributed by atoms with Crippen molar-refractivity contribution < 1.29 is 18.7 Å². The highest BCUT2D eigenvalue weighted by atomic mass is 35.5. The number of Topliss-reactive ketones (excluding diaryl/α,β-unsaturated/α-hetero) is 1. The zero-order valence-corrected chi connectivity index (χ0v) is 19.4. The molecule has 32 heavy (non-hydrogen) atoms. The van der Waals surface area contributed by atoms with Gasteiger partial charge in [-0.2, -0.15) is 0 Å². The van der Waals surface area contributed by atoms with Gasteiger partial charge in [-0.25, -0.2) is 9.37 Å². The topological polar surface area (TPSA) is 68.3 Å². The van der Waals surface area contributed by atoms with Crippen LogP contribution in [0, 0.1) is 11.7 Å². The second-order valence-electron chi connectivity index (χ2n) is 7.93. The summed E-state index contributed by atoms with van der Waals surface area (Å²) < 4.78 is 19.7. The van der Waals surface area contributed by atoms with E-state index in [1.807, 2.05) is 6.07 Å². The Balaban J connectivity index is 1.21. The van der Waals surface area contributed by atoms with Crippen LogP contribution in [0.3, 0.4) is 0 Å². The van der Waals surface area contributed by atoms with Gasteiger partial charge in [-0.1, -0.05) is 23.2 Å². The Hall–Kier alpha value is -2.22. The smallest absolute Gasteiger partial charge is 0.280 e. The summed E-state index contributed by atoms with van der Waals surface area (Å²) in [5, 5.41) is 4.09. The van der Waals surface area contributed by atoms with Crippen LogP contribution in [0.15, 0.2) is 36.4 Å². The summed E-state index contributed by atoms with van der Waals surface area (Å²) in [7, 11) is 0. The predicted octanol–water partition coefficient (Wildman–Crippen LogP) is 6.07. The number of benzene rings is 2. The van der Waals surface area contributed by atoms with E-state index in [0.717, 1.165) is 35.9 Å². The lowest BCUT2D eigenvalue weighted by molar-refractivity contribution is -0.122. The molecule has 0 atom stereocenters. The van der Waals surface area contributed by atoms with Crippen molar-refractivity contribution in [2.24, 2.45) is 5.92 Å². The fraction of sp³-hybridized carbons (Fsp3) is 0.348. The first-order chi connectivity index (χ1) is 15.4. The van der Waals surface area contributed by atoms with Crippen molar-refractivity contribution in [2.45, 2.75) is 38.1 Å². The number of hydrogen-bond donors (Lipinski definition) is 1. The lowest BCUT2D eigenvalue weighted by Crippen LogP contribution is -2.38. The number of fused-ring (bicyclic) bond motifs is 1. The number of halogens is 3. The molecule has 5 nitrogen and oxygen atoms in total. The van der Waals surface area contributed by atoms with Crippen molar-refractivity contribution in [1.29, 1.82) is 0 Å². The fourth-order valence-electron chi connectivity index (χ4n) is 3.87. The van der Waals surface area contributed by atoms with E-state index in [-0.39, 0.29) is 41.0 Å². The second-order valence-corrected chi connectivity index (χ2v) is 9.80. The van der Waals surface area contributed by atoms with Gasteiger partial charge in [-0.05, 0) is 61.9 Å². The first kappa shape index (κ1) is 23.0. The molecule has 1 aliphatic rings. The highest BCUT2D eigenvalue weighted by Gasteiger charge is 2.25. The number of nitrogens with one attached hydrogen (secondary N) is 1. The van der Waals surface area contributed by atoms with Crippen LogP contribution in [-0.2, 0) is 4.79 Å². The average molecular weight is 495 g/mol. The van der Waals surface area contributed by atoms with Crippen LogP contribution in [0.25, 0.3) is 10.2 Å². The summed E-state index contributed by atoms with van der Waals surface area (Å²) in [5.41, 5.74) is 0.721. The number of rotatable bonds is 7. The minimum absolute atomic E-state index is 0.0139. The minimum atomic E-state index is -0.577. The molecular weight excluding hydrogens is 474 g/mol. The monoisotopic (exact) mass is 494 g/mol. The summed E-state index contributed by atoms with van der Waals surface area (Å²) in [5.74, 6) is -0.243. The van der Waals surface area contributed by atoms with Crippen LogP contribution in [0.1, 0.15) is 41.9 Å². The standard InChI is InChI=1S/C23H21Cl2FN2O3S/c24-14-3-8-21-20(10-14)28-23(32-21)22(30)27-15-4-1-13(2-5-15)9-16(29)12-31-17-6-7-18(25)19(26)11-17/h3,6-8,10-11,13,15H,1-2,4-5,9,12H2,(H,27,30). The van der Waals surface area contributed by atoms with Gasteiger partial charge in [0, 0.05) is 23.6 Å². The normalized spacial score (nSPS) is 18.5. The number of hydrogen-bond acceptors (Lipinski definition) is 5. The second kappa shape index (κ2) is 10.1. The van der Waals surface area contributed by atoms with Crippen LogP contribution in [-0.4, -0.2) is 29.3 Å². The third-order valence-corrected chi connectivity index (χ3v) is 7.11. The number of thiazole rings is 1. The zero-order valence-electron chi connectivity index (χ0n) is 17.1. The van der Waals surface area contributed by atoms with E-state index < -0.39 is 5.82 Å². The van der Waals surface area contributed by atoms with Crippen LogP contribution in [0.2, 0.25) is 10.0 Å². The Bertz CT molecular complexity index is 1150. The molecule has 0 saturated heterocycles. The van der Waals surface area contributed by atoms with E-state index in [2.05, 4.69) is 10.3 Å². The number of nitrogens with zero attached hydrogens (tertiary/aromatic N) is 1. The summed E-state index contributed by atoms with van der Waals surface area (Å²) in [6, 6.07) is 9.57. The van der Waals surface area contributed by atoms with Gasteiger partial charge in [-0.3, -0.25) is 9.59 Å². The third-order valence-electron chi connectivity index (χ3n) is 5.53. The van der Waals surface area contributed by atoms with E-state index in [0.29, 0.717) is 16.5 Å². The van der Waals surface area contributed by atoms with Crippen molar-refractivity contribution in [3.63, 3.8) is 0 Å². The van der Waals surface area contributed by atoms with Gasteiger partial charge in [0.25, 0.3) is 5.91 Å². The maximum atomic E-state index is 13.4. The summed E-state index contributed by atoms with van der Waals surface area (Å²) in [6.45, 7) is -0.0979.